The fourth-order valence-corrected chi connectivity index (χ4v) is 1.91. The Morgan fingerprint density at radius 1 is 0.882 bits per heavy atom. The van der Waals surface area contributed by atoms with Gasteiger partial charge in [-0.3, -0.25) is 4.99 Å². The summed E-state index contributed by atoms with van der Waals surface area (Å²) in [6.45, 7) is 0. The quantitative estimate of drug-likeness (QED) is 0.229. The molecule has 0 aromatic heterocycles. The molecule has 0 aliphatic heterocycles. The second-order valence-corrected chi connectivity index (χ2v) is 6.60. The second-order valence-electron chi connectivity index (χ2n) is 2.72. The normalized spacial score (nSPS) is 12.5. The van der Waals surface area contributed by atoms with Gasteiger partial charge in [0.05, 0.1) is 26.3 Å². The Morgan fingerprint density at radius 3 is 1.65 bits per heavy atom. The monoisotopic (exact) mass is 375 g/mol. The summed E-state index contributed by atoms with van der Waals surface area (Å²) in [7, 11) is 0. The Kier molecular flexibility index (Phi) is 5.49. The fraction of sp³-hybridized carbons (Fsp3) is 0.125. The van der Waals surface area contributed by atoms with Crippen LogP contribution < -0.4 is 0 Å². The zero-order valence-electron chi connectivity index (χ0n) is 7.55. The fourth-order valence-electron chi connectivity index (χ4n) is 0.844. The smallest absolute Gasteiger partial charge is 0.225 e. The van der Waals surface area contributed by atoms with E-state index in [0.29, 0.717) is 0 Å². The molecule has 9 heteroatoms. The number of hydrogen-bond donors (Lipinski definition) is 0. The second kappa shape index (κ2) is 5.87. The van der Waals surface area contributed by atoms with Gasteiger partial charge in [0.25, 0.3) is 0 Å². The predicted molar refractivity (Wildman–Crippen MR) is 74.9 cm³/mol. The Morgan fingerprint density at radius 2 is 1.29 bits per heavy atom. The van der Waals surface area contributed by atoms with Crippen LogP contribution in [0.4, 0.5) is 10.1 Å². The highest BCUT2D eigenvalue weighted by Gasteiger charge is 2.21. The van der Waals surface area contributed by atoms with E-state index in [1.807, 2.05) is 0 Å². The van der Waals surface area contributed by atoms with E-state index in [-0.39, 0.29) is 15.7 Å². The van der Waals surface area contributed by atoms with E-state index < -0.39 is 19.7 Å². The van der Waals surface area contributed by atoms with Crippen LogP contribution in [0.2, 0.25) is 20.1 Å². The van der Waals surface area contributed by atoms with E-state index in [9.17, 15) is 4.39 Å². The number of rotatable bonds is 1. The number of alkyl halides is 3. The molecule has 1 rings (SSSR count). The molecule has 1 nitrogen and oxygen atoms in total. The molecule has 0 spiro atoms. The molecule has 0 fully saturated rings. The van der Waals surface area contributed by atoms with Gasteiger partial charge in [-0.1, -0.05) is 81.2 Å². The molecule has 0 saturated heterocycles. The van der Waals surface area contributed by atoms with E-state index in [4.69, 9.17) is 81.2 Å². The number of nitrogens with zero attached hydrogens (tertiary/aromatic N) is 1. The van der Waals surface area contributed by atoms with E-state index in [1.165, 1.54) is 0 Å². The summed E-state index contributed by atoms with van der Waals surface area (Å²) in [5.41, 5.74) is -0.0731. The third-order valence-corrected chi connectivity index (χ3v) is 3.46. The van der Waals surface area contributed by atoms with Gasteiger partial charge in [0, 0.05) is 0 Å². The molecule has 0 bridgehead atoms. The zero-order valence-corrected chi connectivity index (χ0v) is 12.8. The van der Waals surface area contributed by atoms with Gasteiger partial charge < -0.3 is 0 Å². The van der Waals surface area contributed by atoms with Crippen molar-refractivity contribution in [1.82, 2.24) is 0 Å². The van der Waals surface area contributed by atoms with Crippen molar-refractivity contribution in [3.63, 3.8) is 0 Å². The first-order valence-electron chi connectivity index (χ1n) is 3.78. The Labute approximate surface area is 131 Å². The largest absolute Gasteiger partial charge is 0.254 e. The van der Waals surface area contributed by atoms with Crippen LogP contribution in [0.5, 0.6) is 0 Å². The molecule has 17 heavy (non-hydrogen) atoms. The van der Waals surface area contributed by atoms with E-state index >= 15 is 0 Å². The van der Waals surface area contributed by atoms with Gasteiger partial charge >= 0.3 is 0 Å². The Balaban J connectivity index is 3.40. The molecule has 0 heterocycles. The summed E-state index contributed by atoms with van der Waals surface area (Å²) in [5, 5.41) is -1.25. The maximum absolute atomic E-state index is 13.3. The molecule has 0 atom stereocenters. The van der Waals surface area contributed by atoms with Crippen LogP contribution in [0.25, 0.3) is 0 Å². The van der Waals surface area contributed by atoms with E-state index in [1.54, 1.807) is 0 Å². The summed E-state index contributed by atoms with van der Waals surface area (Å²) in [6.07, 6.45) is 0.940. The van der Waals surface area contributed by atoms with Crippen molar-refractivity contribution < 1.29 is 4.39 Å². The van der Waals surface area contributed by atoms with Gasteiger partial charge in [0.1, 0.15) is 5.69 Å². The molecular formula is C8HCl7FN. The summed E-state index contributed by atoms with van der Waals surface area (Å²) < 4.78 is 11.6. The zero-order chi connectivity index (χ0) is 13.4. The molecule has 0 N–H and O–H groups in total. The maximum atomic E-state index is 13.3. The highest BCUT2D eigenvalue weighted by molar-refractivity contribution is 6.74. The summed E-state index contributed by atoms with van der Waals surface area (Å²) in [4.78, 5) is 3.72. The first-order valence-corrected chi connectivity index (χ1v) is 6.43. The van der Waals surface area contributed by atoms with Gasteiger partial charge in [-0.15, -0.1) is 0 Å². The summed E-state index contributed by atoms with van der Waals surface area (Å²) >= 11 is 39.0. The minimum atomic E-state index is -1.75. The van der Waals surface area contributed by atoms with Gasteiger partial charge in [0.2, 0.25) is 3.79 Å². The number of halogens is 8. The third kappa shape index (κ3) is 3.90. The van der Waals surface area contributed by atoms with Crippen LogP contribution in [0.15, 0.2) is 4.99 Å². The topological polar surface area (TPSA) is 12.4 Å². The van der Waals surface area contributed by atoms with Crippen molar-refractivity contribution in [1.29, 1.82) is 0 Å². The first kappa shape index (κ1) is 15.9. The lowest BCUT2D eigenvalue weighted by Crippen LogP contribution is -2.02. The lowest BCUT2D eigenvalue weighted by atomic mass is 10.3. The first-order chi connectivity index (χ1) is 7.65. The Bertz CT molecular complexity index is 451. The van der Waals surface area contributed by atoms with E-state index in [2.05, 4.69) is 4.99 Å². The van der Waals surface area contributed by atoms with Crippen molar-refractivity contribution in [3.05, 3.63) is 25.9 Å². The van der Waals surface area contributed by atoms with Crippen LogP contribution in [0.1, 0.15) is 0 Å². The minimum Gasteiger partial charge on any atom is -0.254 e. The number of benzene rings is 1. The molecule has 0 unspecified atom stereocenters. The molecule has 94 valence electrons. The average molecular weight is 378 g/mol. The molecule has 0 amide bonds. The SMILES string of the molecule is Fc1c(Cl)c(Cl)c(N=CC(Cl)(Cl)Cl)c(Cl)c1Cl. The maximum Gasteiger partial charge on any atom is 0.225 e. The van der Waals surface area contributed by atoms with Crippen LogP contribution in [-0.2, 0) is 0 Å². The molecular weight excluding hydrogens is 377 g/mol. The predicted octanol–water partition coefficient (Wildman–Crippen LogP) is 6.51. The van der Waals surface area contributed by atoms with Gasteiger partial charge in [0.15, 0.2) is 5.82 Å². The standard InChI is InChI=1S/C8HCl7FN/c9-2-4(11)7(17-1-8(13,14)15)5(12)3(10)6(2)16/h1H. The summed E-state index contributed by atoms with van der Waals surface area (Å²) in [6, 6.07) is 0. The average Bonchev–Trinajstić information content (AvgIpc) is 2.22. The number of hydrogen-bond acceptors (Lipinski definition) is 1. The molecule has 1 aromatic carbocycles. The van der Waals surface area contributed by atoms with Crippen molar-refractivity contribution in [2.45, 2.75) is 3.79 Å². The lowest BCUT2D eigenvalue weighted by Gasteiger charge is -2.08. The van der Waals surface area contributed by atoms with Gasteiger partial charge in [-0.05, 0) is 0 Å². The van der Waals surface area contributed by atoms with Crippen LogP contribution >= 0.6 is 81.2 Å². The summed E-state index contributed by atoms with van der Waals surface area (Å²) in [5.74, 6) is -0.934. The van der Waals surface area contributed by atoms with Crippen LogP contribution in [0.3, 0.4) is 0 Å². The molecule has 0 aliphatic carbocycles. The van der Waals surface area contributed by atoms with Crippen LogP contribution in [-0.4, -0.2) is 10.0 Å². The van der Waals surface area contributed by atoms with Crippen molar-refractivity contribution >= 4 is 93.1 Å². The van der Waals surface area contributed by atoms with Crippen molar-refractivity contribution in [3.8, 4) is 0 Å². The Hall–Kier alpha value is 0.850. The van der Waals surface area contributed by atoms with Gasteiger partial charge in [-0.25, -0.2) is 4.39 Å². The molecule has 1 aromatic rings. The minimum absolute atomic E-state index is 0.0731. The van der Waals surface area contributed by atoms with Crippen molar-refractivity contribution in [2.24, 2.45) is 4.99 Å². The van der Waals surface area contributed by atoms with E-state index in [0.717, 1.165) is 6.21 Å². The molecule has 0 radical (unpaired) electrons. The molecule has 0 aliphatic rings. The van der Waals surface area contributed by atoms with Gasteiger partial charge in [-0.2, -0.15) is 0 Å². The van der Waals surface area contributed by atoms with Crippen molar-refractivity contribution in [2.75, 3.05) is 0 Å². The highest BCUT2D eigenvalue weighted by Crippen LogP contribution is 2.45. The molecule has 0 saturated carbocycles. The number of aliphatic imine (C=N–C) groups is 1. The van der Waals surface area contributed by atoms with Crippen LogP contribution in [0, 0.1) is 5.82 Å². The highest BCUT2D eigenvalue weighted by atomic mass is 35.6. The lowest BCUT2D eigenvalue weighted by molar-refractivity contribution is 0.629. The third-order valence-electron chi connectivity index (χ3n) is 1.53.